The number of urea groups is 1. The van der Waals surface area contributed by atoms with Crippen molar-refractivity contribution in [2.45, 2.75) is 32.9 Å². The highest BCUT2D eigenvalue weighted by Gasteiger charge is 2.36. The number of benzene rings is 3. The Kier molecular flexibility index (Phi) is 5.85. The first-order chi connectivity index (χ1) is 18.2. The SMILES string of the molecule is CCc1ccccc1NC(=O)N1Cc2c(C)nn(-c3ccccc3)c2-n2cccc2C1c1ccccc1. The second-order valence-corrected chi connectivity index (χ2v) is 9.32. The summed E-state index contributed by atoms with van der Waals surface area (Å²) >= 11 is 0. The van der Waals surface area contributed by atoms with Gasteiger partial charge in [-0.1, -0.05) is 73.7 Å². The fourth-order valence-corrected chi connectivity index (χ4v) is 5.27. The molecule has 1 unspecified atom stereocenters. The van der Waals surface area contributed by atoms with Gasteiger partial charge in [0, 0.05) is 17.4 Å². The molecule has 184 valence electrons. The molecular weight excluding hydrogens is 458 g/mol. The Labute approximate surface area is 216 Å². The topological polar surface area (TPSA) is 55.1 Å². The van der Waals surface area contributed by atoms with Gasteiger partial charge in [-0.3, -0.25) is 0 Å². The van der Waals surface area contributed by atoms with Crippen molar-refractivity contribution >= 4 is 11.7 Å². The number of carbonyl (C=O) groups excluding carboxylic acids is 1. The van der Waals surface area contributed by atoms with Crippen LogP contribution in [-0.4, -0.2) is 25.3 Å². The van der Waals surface area contributed by atoms with E-state index in [-0.39, 0.29) is 12.1 Å². The summed E-state index contributed by atoms with van der Waals surface area (Å²) in [5, 5.41) is 8.14. The molecule has 0 radical (unpaired) electrons. The van der Waals surface area contributed by atoms with Crippen LogP contribution in [0, 0.1) is 6.92 Å². The first-order valence-electron chi connectivity index (χ1n) is 12.7. The molecule has 1 atom stereocenters. The Bertz CT molecular complexity index is 1550. The van der Waals surface area contributed by atoms with Gasteiger partial charge in [0.25, 0.3) is 0 Å². The second kappa shape index (κ2) is 9.47. The van der Waals surface area contributed by atoms with Crippen molar-refractivity contribution in [2.24, 2.45) is 0 Å². The van der Waals surface area contributed by atoms with Crippen LogP contribution in [0.15, 0.2) is 103 Å². The van der Waals surface area contributed by atoms with Crippen LogP contribution in [0.3, 0.4) is 0 Å². The highest BCUT2D eigenvalue weighted by molar-refractivity contribution is 5.91. The average molecular weight is 488 g/mol. The summed E-state index contributed by atoms with van der Waals surface area (Å²) < 4.78 is 4.18. The molecule has 0 saturated carbocycles. The molecule has 1 aliphatic heterocycles. The number of aryl methyl sites for hydroxylation is 2. The molecule has 0 bridgehead atoms. The molecule has 1 N–H and O–H groups in total. The van der Waals surface area contributed by atoms with E-state index in [0.29, 0.717) is 6.54 Å². The zero-order chi connectivity index (χ0) is 25.4. The van der Waals surface area contributed by atoms with Gasteiger partial charge in [0.2, 0.25) is 0 Å². The van der Waals surface area contributed by atoms with Crippen LogP contribution in [0.4, 0.5) is 10.5 Å². The number of rotatable bonds is 4. The number of aromatic nitrogens is 3. The second-order valence-electron chi connectivity index (χ2n) is 9.32. The van der Waals surface area contributed by atoms with Gasteiger partial charge in [-0.25, -0.2) is 9.48 Å². The van der Waals surface area contributed by atoms with E-state index in [1.165, 1.54) is 0 Å². The molecule has 37 heavy (non-hydrogen) atoms. The number of hydrogen-bond donors (Lipinski definition) is 1. The number of para-hydroxylation sites is 2. The van der Waals surface area contributed by atoms with Crippen molar-refractivity contribution in [1.29, 1.82) is 0 Å². The van der Waals surface area contributed by atoms with Crippen molar-refractivity contribution in [3.8, 4) is 11.5 Å². The maximum atomic E-state index is 14.1. The molecular formula is C31H29N5O. The molecule has 0 fully saturated rings. The Hall–Kier alpha value is -4.58. The Morgan fingerprint density at radius 1 is 0.919 bits per heavy atom. The molecule has 3 aromatic carbocycles. The third kappa shape index (κ3) is 4.00. The van der Waals surface area contributed by atoms with E-state index >= 15 is 0 Å². The maximum Gasteiger partial charge on any atom is 0.322 e. The van der Waals surface area contributed by atoms with Crippen molar-refractivity contribution in [1.82, 2.24) is 19.2 Å². The molecule has 6 nitrogen and oxygen atoms in total. The van der Waals surface area contributed by atoms with E-state index in [0.717, 1.165) is 51.7 Å². The van der Waals surface area contributed by atoms with Gasteiger partial charge < -0.3 is 14.8 Å². The minimum absolute atomic E-state index is 0.137. The molecule has 0 saturated heterocycles. The van der Waals surface area contributed by atoms with E-state index in [1.807, 2.05) is 77.2 Å². The maximum absolute atomic E-state index is 14.1. The number of amides is 2. The quantitative estimate of drug-likeness (QED) is 0.308. The van der Waals surface area contributed by atoms with Gasteiger partial charge in [-0.2, -0.15) is 5.10 Å². The summed E-state index contributed by atoms with van der Waals surface area (Å²) in [7, 11) is 0. The smallest absolute Gasteiger partial charge is 0.308 e. The molecule has 2 aromatic heterocycles. The van der Waals surface area contributed by atoms with E-state index in [9.17, 15) is 4.79 Å². The molecule has 2 amide bonds. The van der Waals surface area contributed by atoms with Crippen LogP contribution in [0.2, 0.25) is 0 Å². The minimum Gasteiger partial charge on any atom is -0.308 e. The first kappa shape index (κ1) is 22.9. The lowest BCUT2D eigenvalue weighted by atomic mass is 10.0. The highest BCUT2D eigenvalue weighted by atomic mass is 16.2. The summed E-state index contributed by atoms with van der Waals surface area (Å²) in [6.45, 7) is 4.55. The van der Waals surface area contributed by atoms with E-state index < -0.39 is 0 Å². The van der Waals surface area contributed by atoms with Gasteiger partial charge in [-0.05, 0) is 54.8 Å². The van der Waals surface area contributed by atoms with Crippen LogP contribution >= 0.6 is 0 Å². The molecule has 3 heterocycles. The number of fused-ring (bicyclic) bond motifs is 3. The van der Waals surface area contributed by atoms with Gasteiger partial charge in [-0.15, -0.1) is 0 Å². The van der Waals surface area contributed by atoms with Crippen LogP contribution in [0.5, 0.6) is 0 Å². The predicted octanol–water partition coefficient (Wildman–Crippen LogP) is 6.67. The van der Waals surface area contributed by atoms with Crippen LogP contribution < -0.4 is 5.32 Å². The normalized spacial score (nSPS) is 14.5. The van der Waals surface area contributed by atoms with Gasteiger partial charge in [0.1, 0.15) is 5.82 Å². The van der Waals surface area contributed by atoms with E-state index in [4.69, 9.17) is 5.10 Å². The van der Waals surface area contributed by atoms with Crippen LogP contribution in [0.25, 0.3) is 11.5 Å². The standard InChI is InChI=1S/C31H29N5O/c1-3-23-13-10-11-18-27(23)32-31(37)35-21-26-22(2)33-36(25-16-8-5-9-17-25)30(26)34-20-12-19-28(34)29(35)24-14-6-4-7-15-24/h4-20,29H,3,21H2,1-2H3,(H,32,37). The monoisotopic (exact) mass is 487 g/mol. The lowest BCUT2D eigenvalue weighted by Crippen LogP contribution is -2.38. The zero-order valence-corrected chi connectivity index (χ0v) is 21.0. The van der Waals surface area contributed by atoms with Crippen molar-refractivity contribution in [2.75, 3.05) is 5.32 Å². The van der Waals surface area contributed by atoms with Crippen molar-refractivity contribution < 1.29 is 4.79 Å². The first-order valence-corrected chi connectivity index (χ1v) is 12.7. The molecule has 1 aliphatic rings. The summed E-state index contributed by atoms with van der Waals surface area (Å²) in [5.74, 6) is 0.967. The predicted molar refractivity (Wildman–Crippen MR) is 146 cm³/mol. The Morgan fingerprint density at radius 3 is 2.38 bits per heavy atom. The number of nitrogens with one attached hydrogen (secondary N) is 1. The van der Waals surface area contributed by atoms with Gasteiger partial charge in [0.15, 0.2) is 0 Å². The van der Waals surface area contributed by atoms with E-state index in [2.05, 4.69) is 59.4 Å². The molecule has 0 spiro atoms. The molecule has 0 aliphatic carbocycles. The van der Waals surface area contributed by atoms with Crippen molar-refractivity contribution in [3.63, 3.8) is 0 Å². The average Bonchev–Trinajstić information content (AvgIpc) is 3.50. The number of hydrogen-bond acceptors (Lipinski definition) is 2. The summed E-state index contributed by atoms with van der Waals surface area (Å²) in [4.78, 5) is 16.0. The third-order valence-corrected chi connectivity index (χ3v) is 7.10. The third-order valence-electron chi connectivity index (χ3n) is 7.10. The van der Waals surface area contributed by atoms with Gasteiger partial charge in [0.05, 0.1) is 29.7 Å². The summed E-state index contributed by atoms with van der Waals surface area (Å²) in [6, 6.07) is 32.1. The number of nitrogens with zero attached hydrogens (tertiary/aromatic N) is 4. The van der Waals surface area contributed by atoms with E-state index in [1.54, 1.807) is 0 Å². The van der Waals surface area contributed by atoms with Gasteiger partial charge >= 0.3 is 6.03 Å². The highest BCUT2D eigenvalue weighted by Crippen LogP contribution is 2.38. The van der Waals surface area contributed by atoms with Crippen molar-refractivity contribution in [3.05, 3.63) is 131 Å². The minimum atomic E-state index is -0.277. The lowest BCUT2D eigenvalue weighted by molar-refractivity contribution is 0.194. The fraction of sp³-hybridized carbons (Fsp3) is 0.161. The van der Waals surface area contributed by atoms with Crippen LogP contribution in [0.1, 0.15) is 41.0 Å². The summed E-state index contributed by atoms with van der Waals surface area (Å²) in [5.41, 5.74) is 6.94. The summed E-state index contributed by atoms with van der Waals surface area (Å²) in [6.07, 6.45) is 2.91. The molecule has 5 aromatic rings. The van der Waals surface area contributed by atoms with Crippen LogP contribution in [-0.2, 0) is 13.0 Å². The molecule has 6 rings (SSSR count). The fourth-order valence-electron chi connectivity index (χ4n) is 5.27. The Balaban J connectivity index is 1.53. The zero-order valence-electron chi connectivity index (χ0n) is 21.0. The Morgan fingerprint density at radius 2 is 1.62 bits per heavy atom. The largest absolute Gasteiger partial charge is 0.322 e. The number of carbonyl (C=O) groups is 1. The lowest BCUT2D eigenvalue weighted by Gasteiger charge is -2.31. The molecule has 6 heteroatoms. The number of anilines is 1.